The summed E-state index contributed by atoms with van der Waals surface area (Å²) in [6.45, 7) is 1.94. The molecule has 0 bridgehead atoms. The molecule has 4 nitrogen and oxygen atoms in total. The molecule has 7 heteroatoms. The van der Waals surface area contributed by atoms with Crippen molar-refractivity contribution in [3.8, 4) is 0 Å². The van der Waals surface area contributed by atoms with Crippen LogP contribution >= 0.6 is 27.5 Å². The molecule has 0 atom stereocenters. The molecule has 3 rings (SSSR count). The normalized spacial score (nSPS) is 16.4. The van der Waals surface area contributed by atoms with Crippen LogP contribution in [0, 0.1) is 6.92 Å². The predicted molar refractivity (Wildman–Crippen MR) is 107 cm³/mol. The molecule has 0 aromatic heterocycles. The Hall–Kier alpha value is -1.37. The summed E-state index contributed by atoms with van der Waals surface area (Å²) in [5, 5.41) is 3.27. The van der Waals surface area contributed by atoms with Crippen molar-refractivity contribution in [2.24, 2.45) is 0 Å². The predicted octanol–water partition coefficient (Wildman–Crippen LogP) is 5.14. The summed E-state index contributed by atoms with van der Waals surface area (Å²) in [7, 11) is -3.84. The highest BCUT2D eigenvalue weighted by Gasteiger charge is 2.53. The van der Waals surface area contributed by atoms with Gasteiger partial charge in [0.15, 0.2) is 14.6 Å². The van der Waals surface area contributed by atoms with Gasteiger partial charge in [-0.25, -0.2) is 8.42 Å². The van der Waals surface area contributed by atoms with Crippen LogP contribution in [0.5, 0.6) is 0 Å². The van der Waals surface area contributed by atoms with E-state index in [4.69, 9.17) is 11.6 Å². The van der Waals surface area contributed by atoms with Gasteiger partial charge in [-0.1, -0.05) is 30.5 Å². The Morgan fingerprint density at radius 2 is 1.73 bits per heavy atom. The monoisotopic (exact) mass is 455 g/mol. The molecule has 0 radical (unpaired) electrons. The third-order valence-electron chi connectivity index (χ3n) is 4.84. The lowest BCUT2D eigenvalue weighted by Gasteiger charge is -2.28. The van der Waals surface area contributed by atoms with Crippen LogP contribution in [0.2, 0.25) is 5.02 Å². The average Bonchev–Trinajstić information content (AvgIpc) is 3.09. The van der Waals surface area contributed by atoms with Gasteiger partial charge in [0.1, 0.15) is 0 Å². The zero-order valence-electron chi connectivity index (χ0n) is 14.3. The van der Waals surface area contributed by atoms with E-state index < -0.39 is 20.5 Å². The van der Waals surface area contributed by atoms with Crippen molar-refractivity contribution >= 4 is 49.0 Å². The quantitative estimate of drug-likeness (QED) is 0.693. The molecule has 0 unspecified atom stereocenters. The Morgan fingerprint density at radius 3 is 2.31 bits per heavy atom. The first kappa shape index (κ1) is 19.4. The third kappa shape index (κ3) is 3.42. The van der Waals surface area contributed by atoms with Gasteiger partial charge in [0.2, 0.25) is 5.91 Å². The van der Waals surface area contributed by atoms with E-state index in [0.717, 1.165) is 10.0 Å². The number of hydrogen-bond donors (Lipinski definition) is 1. The number of hydrogen-bond acceptors (Lipinski definition) is 3. The first-order valence-electron chi connectivity index (χ1n) is 8.34. The summed E-state index contributed by atoms with van der Waals surface area (Å²) < 4.78 is 25.9. The smallest absolute Gasteiger partial charge is 0.246 e. The maximum atomic E-state index is 13.3. The molecule has 1 N–H and O–H groups in total. The summed E-state index contributed by atoms with van der Waals surface area (Å²) in [4.78, 5) is 13.3. The summed E-state index contributed by atoms with van der Waals surface area (Å²) in [6.07, 6.45) is 2.03. The molecule has 2 aromatic rings. The van der Waals surface area contributed by atoms with Crippen LogP contribution < -0.4 is 5.32 Å². The molecule has 1 amide bonds. The van der Waals surface area contributed by atoms with Crippen molar-refractivity contribution in [1.82, 2.24) is 0 Å². The number of aryl methyl sites for hydroxylation is 1. The molecule has 1 fully saturated rings. The summed E-state index contributed by atoms with van der Waals surface area (Å²) in [5.74, 6) is -0.477. The van der Waals surface area contributed by atoms with Crippen LogP contribution in [-0.4, -0.2) is 19.1 Å². The lowest BCUT2D eigenvalue weighted by Crippen LogP contribution is -2.47. The molecule has 0 aliphatic heterocycles. The summed E-state index contributed by atoms with van der Waals surface area (Å²) in [5.41, 5.74) is 1.61. The fourth-order valence-electron chi connectivity index (χ4n) is 3.36. The van der Waals surface area contributed by atoms with Crippen molar-refractivity contribution < 1.29 is 13.2 Å². The molecule has 0 heterocycles. The number of carbonyl (C=O) groups is 1. The Balaban J connectivity index is 1.99. The van der Waals surface area contributed by atoms with E-state index in [-0.39, 0.29) is 4.90 Å². The highest BCUT2D eigenvalue weighted by atomic mass is 79.9. The topological polar surface area (TPSA) is 63.2 Å². The lowest BCUT2D eigenvalue weighted by atomic mass is 10.1. The Labute approximate surface area is 167 Å². The van der Waals surface area contributed by atoms with E-state index in [2.05, 4.69) is 21.2 Å². The van der Waals surface area contributed by atoms with Crippen LogP contribution in [0.1, 0.15) is 31.2 Å². The molecule has 1 saturated carbocycles. The second-order valence-corrected chi connectivity index (χ2v) is 10.1. The van der Waals surface area contributed by atoms with E-state index in [1.807, 2.05) is 19.1 Å². The molecule has 0 spiro atoms. The molecule has 0 saturated heterocycles. The number of halogens is 2. The van der Waals surface area contributed by atoms with Gasteiger partial charge in [-0.15, -0.1) is 0 Å². The minimum atomic E-state index is -3.84. The first-order valence-corrected chi connectivity index (χ1v) is 11.0. The number of carbonyl (C=O) groups excluding carboxylic acids is 1. The maximum absolute atomic E-state index is 13.3. The van der Waals surface area contributed by atoms with Gasteiger partial charge in [-0.05, 0) is 77.7 Å². The van der Waals surface area contributed by atoms with Gasteiger partial charge < -0.3 is 5.32 Å². The molecule has 1 aliphatic rings. The highest BCUT2D eigenvalue weighted by molar-refractivity contribution is 9.10. The standard InChI is InChI=1S/C19H19BrClNO3S/c1-13-4-9-17(16(20)12-13)22-18(23)19(10-2-3-11-19)26(24,25)15-7-5-14(21)6-8-15/h4-9,12H,2-3,10-11H2,1H3,(H,22,23). The Morgan fingerprint density at radius 1 is 1.12 bits per heavy atom. The van der Waals surface area contributed by atoms with E-state index in [0.29, 0.717) is 36.4 Å². The largest absolute Gasteiger partial charge is 0.324 e. The molecular weight excluding hydrogens is 438 g/mol. The number of benzene rings is 2. The molecule has 138 valence electrons. The van der Waals surface area contributed by atoms with E-state index >= 15 is 0 Å². The zero-order valence-corrected chi connectivity index (χ0v) is 17.4. The third-order valence-corrected chi connectivity index (χ3v) is 8.26. The second-order valence-electron chi connectivity index (χ2n) is 6.60. The number of anilines is 1. The number of sulfone groups is 1. The first-order chi connectivity index (χ1) is 12.3. The Kier molecular flexibility index (Phi) is 5.47. The average molecular weight is 457 g/mol. The van der Waals surface area contributed by atoms with Crippen LogP contribution in [0.15, 0.2) is 51.8 Å². The van der Waals surface area contributed by atoms with Gasteiger partial charge in [0, 0.05) is 9.50 Å². The minimum Gasteiger partial charge on any atom is -0.324 e. The van der Waals surface area contributed by atoms with Crippen LogP contribution in [0.25, 0.3) is 0 Å². The molecule has 1 aliphatic carbocycles. The molecule has 26 heavy (non-hydrogen) atoms. The van der Waals surface area contributed by atoms with Gasteiger partial charge in [-0.3, -0.25) is 4.79 Å². The van der Waals surface area contributed by atoms with Gasteiger partial charge in [0.25, 0.3) is 0 Å². The van der Waals surface area contributed by atoms with Crippen molar-refractivity contribution in [2.45, 2.75) is 42.2 Å². The van der Waals surface area contributed by atoms with Gasteiger partial charge >= 0.3 is 0 Å². The van der Waals surface area contributed by atoms with Crippen molar-refractivity contribution in [1.29, 1.82) is 0 Å². The van der Waals surface area contributed by atoms with Gasteiger partial charge in [-0.2, -0.15) is 0 Å². The van der Waals surface area contributed by atoms with Gasteiger partial charge in [0.05, 0.1) is 10.6 Å². The number of rotatable bonds is 4. The SMILES string of the molecule is Cc1ccc(NC(=O)C2(S(=O)(=O)c3ccc(Cl)cc3)CCCC2)c(Br)c1. The molecular formula is C19H19BrClNO3S. The van der Waals surface area contributed by atoms with Crippen molar-refractivity contribution in [3.05, 3.63) is 57.5 Å². The van der Waals surface area contributed by atoms with E-state index in [1.54, 1.807) is 6.07 Å². The van der Waals surface area contributed by atoms with Crippen molar-refractivity contribution in [2.75, 3.05) is 5.32 Å². The highest BCUT2D eigenvalue weighted by Crippen LogP contribution is 2.42. The molecule has 2 aromatic carbocycles. The number of amides is 1. The fraction of sp³-hybridized carbons (Fsp3) is 0.316. The Bertz CT molecular complexity index is 936. The zero-order chi connectivity index (χ0) is 18.9. The van der Waals surface area contributed by atoms with Crippen LogP contribution in [0.3, 0.4) is 0 Å². The van der Waals surface area contributed by atoms with E-state index in [9.17, 15) is 13.2 Å². The maximum Gasteiger partial charge on any atom is 0.246 e. The van der Waals surface area contributed by atoms with Crippen LogP contribution in [0.4, 0.5) is 5.69 Å². The van der Waals surface area contributed by atoms with Crippen molar-refractivity contribution in [3.63, 3.8) is 0 Å². The summed E-state index contributed by atoms with van der Waals surface area (Å²) in [6, 6.07) is 11.5. The fourth-order valence-corrected chi connectivity index (χ4v) is 6.15. The minimum absolute atomic E-state index is 0.127. The van der Waals surface area contributed by atoms with Crippen LogP contribution in [-0.2, 0) is 14.6 Å². The van der Waals surface area contributed by atoms with E-state index in [1.165, 1.54) is 24.3 Å². The number of nitrogens with one attached hydrogen (secondary N) is 1. The summed E-state index contributed by atoms with van der Waals surface area (Å²) >= 11 is 9.30. The second kappa shape index (κ2) is 7.33. The lowest BCUT2D eigenvalue weighted by molar-refractivity contribution is -0.118.